The van der Waals surface area contributed by atoms with Crippen molar-refractivity contribution in [1.29, 1.82) is 0 Å². The van der Waals surface area contributed by atoms with Crippen LogP contribution in [0.1, 0.15) is 16.9 Å². The Bertz CT molecular complexity index is 1360. The zero-order valence-electron chi connectivity index (χ0n) is 15.4. The van der Waals surface area contributed by atoms with Crippen molar-refractivity contribution in [2.45, 2.75) is 29.3 Å². The highest BCUT2D eigenvalue weighted by Crippen LogP contribution is 2.42. The molecule has 0 atom stereocenters. The highest BCUT2D eigenvalue weighted by atomic mass is 32.2. The highest BCUT2D eigenvalue weighted by Gasteiger charge is 2.22. The van der Waals surface area contributed by atoms with Gasteiger partial charge in [-0.15, -0.1) is 11.3 Å². The number of aryl methyl sites for hydroxylation is 2. The Morgan fingerprint density at radius 3 is 2.83 bits per heavy atom. The van der Waals surface area contributed by atoms with Crippen LogP contribution in [-0.2, 0) is 12.8 Å². The fourth-order valence-electron chi connectivity index (χ4n) is 3.82. The van der Waals surface area contributed by atoms with E-state index in [1.165, 1.54) is 22.2 Å². The van der Waals surface area contributed by atoms with Crippen LogP contribution >= 0.6 is 23.1 Å². The number of fused-ring (bicyclic) bond motifs is 4. The lowest BCUT2D eigenvalue weighted by Gasteiger charge is -2.09. The van der Waals surface area contributed by atoms with Crippen LogP contribution in [0, 0.1) is 0 Å². The number of hydrogen-bond donors (Lipinski definition) is 0. The SMILES string of the molecule is c1cncc(-c2nc(Sc3ncnc4sc5c(c34)CCC5)c3ccccc3n2)c1. The van der Waals surface area contributed by atoms with Gasteiger partial charge < -0.3 is 0 Å². The summed E-state index contributed by atoms with van der Waals surface area (Å²) in [5.74, 6) is 0.681. The minimum Gasteiger partial charge on any atom is -0.264 e. The van der Waals surface area contributed by atoms with E-state index in [2.05, 4.69) is 21.0 Å². The third-order valence-electron chi connectivity index (χ3n) is 5.15. The fourth-order valence-corrected chi connectivity index (χ4v) is 6.13. The van der Waals surface area contributed by atoms with Crippen LogP contribution in [0.4, 0.5) is 0 Å². The van der Waals surface area contributed by atoms with Gasteiger partial charge in [-0.2, -0.15) is 0 Å². The molecule has 0 aliphatic heterocycles. The van der Waals surface area contributed by atoms with Crippen molar-refractivity contribution in [3.63, 3.8) is 0 Å². The molecule has 0 fully saturated rings. The minimum atomic E-state index is 0.681. The van der Waals surface area contributed by atoms with Crippen LogP contribution in [0.3, 0.4) is 0 Å². The predicted molar refractivity (Wildman–Crippen MR) is 116 cm³/mol. The van der Waals surface area contributed by atoms with Crippen molar-refractivity contribution in [2.75, 3.05) is 0 Å². The first-order valence-electron chi connectivity index (χ1n) is 9.47. The molecule has 0 N–H and O–H groups in total. The third kappa shape index (κ3) is 2.89. The van der Waals surface area contributed by atoms with Crippen molar-refractivity contribution in [3.8, 4) is 11.4 Å². The van der Waals surface area contributed by atoms with Crippen LogP contribution in [0.25, 0.3) is 32.5 Å². The molecule has 0 bridgehead atoms. The fraction of sp³-hybridized carbons (Fsp3) is 0.136. The summed E-state index contributed by atoms with van der Waals surface area (Å²) in [7, 11) is 0. The standard InChI is InChI=1S/C22H15N5S2/c1-2-8-16-14(6-1)20(27-19(26-16)13-5-4-10-23-11-13)29-22-18-15-7-3-9-17(15)28-21(18)24-12-25-22/h1-2,4-6,8,10-12H,3,7,9H2. The Morgan fingerprint density at radius 1 is 0.931 bits per heavy atom. The van der Waals surface area contributed by atoms with E-state index in [0.29, 0.717) is 5.82 Å². The Kier molecular flexibility index (Phi) is 4.02. The lowest BCUT2D eigenvalue weighted by Crippen LogP contribution is -1.95. The van der Waals surface area contributed by atoms with Crippen molar-refractivity contribution in [3.05, 3.63) is 65.6 Å². The van der Waals surface area contributed by atoms with Crippen LogP contribution in [0.5, 0.6) is 0 Å². The number of pyridine rings is 1. The first-order chi connectivity index (χ1) is 14.4. The third-order valence-corrected chi connectivity index (χ3v) is 7.36. The number of para-hydroxylation sites is 1. The van der Waals surface area contributed by atoms with Crippen molar-refractivity contribution in [2.24, 2.45) is 0 Å². The first-order valence-corrected chi connectivity index (χ1v) is 11.1. The van der Waals surface area contributed by atoms with E-state index in [-0.39, 0.29) is 0 Å². The summed E-state index contributed by atoms with van der Waals surface area (Å²) in [6.45, 7) is 0. The van der Waals surface area contributed by atoms with Gasteiger partial charge in [0.05, 0.1) is 5.52 Å². The van der Waals surface area contributed by atoms with Crippen LogP contribution < -0.4 is 0 Å². The van der Waals surface area contributed by atoms with Gasteiger partial charge in [-0.05, 0) is 54.8 Å². The Labute approximate surface area is 175 Å². The molecule has 7 heteroatoms. The number of thiophene rings is 1. The van der Waals surface area contributed by atoms with E-state index in [1.807, 2.05) is 41.7 Å². The molecule has 5 aromatic rings. The molecule has 0 saturated carbocycles. The van der Waals surface area contributed by atoms with Gasteiger partial charge in [0, 0.05) is 33.6 Å². The minimum absolute atomic E-state index is 0.681. The molecule has 5 nitrogen and oxygen atoms in total. The summed E-state index contributed by atoms with van der Waals surface area (Å²) >= 11 is 3.42. The molecule has 140 valence electrons. The average molecular weight is 414 g/mol. The molecule has 0 radical (unpaired) electrons. The van der Waals surface area contributed by atoms with E-state index < -0.39 is 0 Å². The van der Waals surface area contributed by atoms with E-state index in [0.717, 1.165) is 44.2 Å². The summed E-state index contributed by atoms with van der Waals surface area (Å²) < 4.78 is 0. The molecule has 6 rings (SSSR count). The summed E-state index contributed by atoms with van der Waals surface area (Å²) in [4.78, 5) is 25.6. The van der Waals surface area contributed by atoms with Gasteiger partial charge >= 0.3 is 0 Å². The molecule has 0 unspecified atom stereocenters. The van der Waals surface area contributed by atoms with Crippen molar-refractivity contribution < 1.29 is 0 Å². The quantitative estimate of drug-likeness (QED) is 0.372. The lowest BCUT2D eigenvalue weighted by molar-refractivity contribution is 0.915. The highest BCUT2D eigenvalue weighted by molar-refractivity contribution is 7.99. The zero-order chi connectivity index (χ0) is 19.2. The molecule has 4 aromatic heterocycles. The molecule has 4 heterocycles. The van der Waals surface area contributed by atoms with E-state index in [1.54, 1.807) is 30.5 Å². The largest absolute Gasteiger partial charge is 0.264 e. The monoisotopic (exact) mass is 413 g/mol. The van der Waals surface area contributed by atoms with Gasteiger partial charge in [0.15, 0.2) is 5.82 Å². The molecule has 29 heavy (non-hydrogen) atoms. The Balaban J connectivity index is 1.54. The lowest BCUT2D eigenvalue weighted by atomic mass is 10.2. The maximum Gasteiger partial charge on any atom is 0.162 e. The number of nitrogens with zero attached hydrogens (tertiary/aromatic N) is 5. The predicted octanol–water partition coefficient (Wildman–Crippen LogP) is 5.34. The molecule has 0 spiro atoms. The number of hydrogen-bond acceptors (Lipinski definition) is 7. The van der Waals surface area contributed by atoms with Gasteiger partial charge in [-0.25, -0.2) is 19.9 Å². The van der Waals surface area contributed by atoms with Gasteiger partial charge in [0.25, 0.3) is 0 Å². The summed E-state index contributed by atoms with van der Waals surface area (Å²) in [5, 5.41) is 4.13. The zero-order valence-corrected chi connectivity index (χ0v) is 17.0. The second-order valence-electron chi connectivity index (χ2n) is 6.93. The number of benzene rings is 1. The molecule has 1 aliphatic rings. The number of aromatic nitrogens is 5. The molecule has 1 aromatic carbocycles. The molecular weight excluding hydrogens is 398 g/mol. The summed E-state index contributed by atoms with van der Waals surface area (Å²) in [6, 6.07) is 12.0. The normalized spacial score (nSPS) is 13.2. The van der Waals surface area contributed by atoms with Gasteiger partial charge in [-0.1, -0.05) is 18.2 Å². The smallest absolute Gasteiger partial charge is 0.162 e. The van der Waals surface area contributed by atoms with E-state index >= 15 is 0 Å². The topological polar surface area (TPSA) is 64.5 Å². The van der Waals surface area contributed by atoms with Crippen LogP contribution in [0.2, 0.25) is 0 Å². The summed E-state index contributed by atoms with van der Waals surface area (Å²) in [6.07, 6.45) is 8.71. The van der Waals surface area contributed by atoms with Gasteiger partial charge in [0.1, 0.15) is 21.2 Å². The van der Waals surface area contributed by atoms with Gasteiger partial charge in [-0.3, -0.25) is 4.98 Å². The second kappa shape index (κ2) is 6.86. The summed E-state index contributed by atoms with van der Waals surface area (Å²) in [5.41, 5.74) is 3.26. The van der Waals surface area contributed by atoms with Gasteiger partial charge in [0.2, 0.25) is 0 Å². The van der Waals surface area contributed by atoms with E-state index in [9.17, 15) is 0 Å². The van der Waals surface area contributed by atoms with Crippen LogP contribution in [0.15, 0.2) is 65.2 Å². The number of rotatable bonds is 3. The molecular formula is C22H15N5S2. The first kappa shape index (κ1) is 17.0. The second-order valence-corrected chi connectivity index (χ2v) is 8.99. The maximum absolute atomic E-state index is 4.91. The Morgan fingerprint density at radius 2 is 1.90 bits per heavy atom. The van der Waals surface area contributed by atoms with E-state index in [4.69, 9.17) is 9.97 Å². The van der Waals surface area contributed by atoms with Crippen molar-refractivity contribution >= 4 is 44.2 Å². The van der Waals surface area contributed by atoms with Crippen LogP contribution in [-0.4, -0.2) is 24.9 Å². The average Bonchev–Trinajstić information content (AvgIpc) is 3.36. The Hall–Kier alpha value is -2.90. The molecule has 0 saturated heterocycles. The molecule has 0 amide bonds. The van der Waals surface area contributed by atoms with Crippen molar-refractivity contribution in [1.82, 2.24) is 24.9 Å². The molecule has 1 aliphatic carbocycles. The maximum atomic E-state index is 4.91.